The minimum Gasteiger partial charge on any atom is -0.724 e. The Bertz CT molecular complexity index is 1610. The predicted octanol–water partition coefficient (Wildman–Crippen LogP) is 3.50. The van der Waals surface area contributed by atoms with Crippen molar-refractivity contribution in [3.05, 3.63) is 17.5 Å². The zero-order chi connectivity index (χ0) is 50.6. The number of fused-ring (bicyclic) bond motifs is 4. The molecule has 0 unspecified atom stereocenters. The summed E-state index contributed by atoms with van der Waals surface area (Å²) < 4.78 is 89.0. The first-order chi connectivity index (χ1) is 33.4. The van der Waals surface area contributed by atoms with Gasteiger partial charge in [0.2, 0.25) is 10.4 Å². The third-order valence-electron chi connectivity index (χ3n) is 11.2. The summed E-state index contributed by atoms with van der Waals surface area (Å²) in [5.41, 5.74) is 3.33. The molecular formula is C45H85N7O16S. The number of quaternary nitrogens is 1. The number of aromatic nitrogens is 2. The van der Waals surface area contributed by atoms with Gasteiger partial charge in [-0.05, 0) is 25.7 Å². The maximum atomic E-state index is 13.0. The average molecular weight is 1010 g/mol. The number of urea groups is 1. The van der Waals surface area contributed by atoms with Crippen LogP contribution in [0.15, 0.2) is 11.2 Å². The van der Waals surface area contributed by atoms with Crippen molar-refractivity contribution in [2.75, 3.05) is 159 Å². The van der Waals surface area contributed by atoms with E-state index < -0.39 is 41.1 Å². The van der Waals surface area contributed by atoms with Gasteiger partial charge in [-0.1, -0.05) is 53.4 Å². The number of hydroxylamine groups is 3. The number of ether oxygens (including phenoxy) is 9. The van der Waals surface area contributed by atoms with Gasteiger partial charge in [0.15, 0.2) is 5.84 Å². The molecule has 1 aromatic rings. The van der Waals surface area contributed by atoms with Crippen LogP contribution in [0.1, 0.15) is 102 Å². The fourth-order valence-electron chi connectivity index (χ4n) is 7.55. The first kappa shape index (κ1) is 62.0. The molecule has 2 atom stereocenters. The number of hydrogen-bond acceptors (Lipinski definition) is 18. The van der Waals surface area contributed by atoms with Gasteiger partial charge in [-0.2, -0.15) is 14.4 Å². The molecule has 2 aliphatic heterocycles. The highest BCUT2D eigenvalue weighted by molar-refractivity contribution is 7.80. The van der Waals surface area contributed by atoms with Gasteiger partial charge in [-0.25, -0.2) is 23.5 Å². The predicted molar refractivity (Wildman–Crippen MR) is 254 cm³/mol. The van der Waals surface area contributed by atoms with Gasteiger partial charge in [-0.15, -0.1) is 0 Å². The number of methoxy groups -OCH3 is 1. The molecule has 3 heterocycles. The number of amides is 2. The van der Waals surface area contributed by atoms with E-state index in [1.54, 1.807) is 14.2 Å². The van der Waals surface area contributed by atoms with E-state index in [1.165, 1.54) is 105 Å². The van der Waals surface area contributed by atoms with E-state index in [-0.39, 0.29) is 25.6 Å². The van der Waals surface area contributed by atoms with Crippen molar-refractivity contribution < 1.29 is 78.8 Å². The standard InChI is InChI=1S/C29H50N6O16S.C16H36N/c1-30-28(27-26-23(20-31-33(26)2)24-21-34(27)29(37)35(24)51-52(38,39)40)32-50-25(36)22-49-19-18-48-17-16-47-15-14-46-13-12-45-11-10-44-9-8-43-7-6-42-5-4-41-3;1-5-9-13-17(14-10-6-2,15-11-7-3)16-12-8-4/h20,24,27H,4-19,21-22H2,1-3H3,(H,30,32)(H,38,39,40);5-16H2,1-4H3/q;+1/p-1/t24-,27-;/m0./s1. The van der Waals surface area contributed by atoms with Gasteiger partial charge < -0.3 is 61.4 Å². The molecule has 0 saturated carbocycles. The third-order valence-corrected chi connectivity index (χ3v) is 11.5. The van der Waals surface area contributed by atoms with Gasteiger partial charge >= 0.3 is 12.0 Å². The second kappa shape index (κ2) is 37.6. The SMILES string of the molecule is CCCC[N+](CCCC)(CCCC)CCCC.CN=C(NOC(=O)COCCOCCOCCOCCOCCOCCOCCOCCOC)[C@@H]1c2c(cnn2C)[C@@H]2CN1C(=O)N2OS(=O)(=O)[O-]. The van der Waals surface area contributed by atoms with Gasteiger partial charge in [0, 0.05) is 26.8 Å². The van der Waals surface area contributed by atoms with Crippen molar-refractivity contribution in [3.63, 3.8) is 0 Å². The van der Waals surface area contributed by atoms with Gasteiger partial charge in [0.05, 0.1) is 150 Å². The summed E-state index contributed by atoms with van der Waals surface area (Å²) in [5.74, 6) is -0.746. The summed E-state index contributed by atoms with van der Waals surface area (Å²) in [6.07, 6.45) is 12.5. The van der Waals surface area contributed by atoms with E-state index in [4.69, 9.17) is 47.5 Å². The molecule has 0 spiro atoms. The third kappa shape index (κ3) is 25.2. The number of nitrogens with zero attached hydrogens (tertiary/aromatic N) is 6. The number of hydrogen-bond donors (Lipinski definition) is 1. The molecule has 24 heteroatoms. The molecule has 402 valence electrons. The van der Waals surface area contributed by atoms with Crippen LogP contribution >= 0.6 is 0 Å². The van der Waals surface area contributed by atoms with Crippen LogP contribution in [-0.2, 0) is 74.0 Å². The minimum absolute atomic E-state index is 0.0348. The number of carbonyl (C=O) groups excluding carboxylic acids is 2. The fourth-order valence-corrected chi connectivity index (χ4v) is 7.91. The lowest BCUT2D eigenvalue weighted by atomic mass is 9.97. The van der Waals surface area contributed by atoms with Crippen molar-refractivity contribution in [2.45, 2.75) is 91.1 Å². The topological polar surface area (TPSA) is 242 Å². The highest BCUT2D eigenvalue weighted by Gasteiger charge is 2.53. The second-order valence-corrected chi connectivity index (χ2v) is 17.4. The number of aliphatic imine (C=N–C) groups is 1. The molecule has 3 rings (SSSR count). The number of nitrogens with one attached hydrogen (secondary N) is 1. The van der Waals surface area contributed by atoms with Crippen LogP contribution in [0, 0.1) is 0 Å². The Morgan fingerprint density at radius 2 is 1.13 bits per heavy atom. The lowest BCUT2D eigenvalue weighted by Crippen LogP contribution is -2.50. The highest BCUT2D eigenvalue weighted by Crippen LogP contribution is 2.44. The Balaban J connectivity index is 0.000000813. The van der Waals surface area contributed by atoms with Crippen LogP contribution in [0.2, 0.25) is 0 Å². The van der Waals surface area contributed by atoms with Crippen LogP contribution in [0.3, 0.4) is 0 Å². The first-order valence-corrected chi connectivity index (χ1v) is 25.9. The molecule has 1 aromatic heterocycles. The largest absolute Gasteiger partial charge is 0.724 e. The summed E-state index contributed by atoms with van der Waals surface area (Å²) >= 11 is 0. The summed E-state index contributed by atoms with van der Waals surface area (Å²) in [5, 5.41) is 4.66. The summed E-state index contributed by atoms with van der Waals surface area (Å²) in [4.78, 5) is 35.7. The van der Waals surface area contributed by atoms with Crippen molar-refractivity contribution in [3.8, 4) is 0 Å². The number of amidine groups is 1. The molecule has 2 aliphatic rings. The molecule has 69 heavy (non-hydrogen) atoms. The zero-order valence-electron chi connectivity index (χ0n) is 42.6. The van der Waals surface area contributed by atoms with Crippen LogP contribution in [-0.4, -0.2) is 214 Å². The number of carbonyl (C=O) groups is 2. The van der Waals surface area contributed by atoms with Crippen molar-refractivity contribution >= 4 is 28.2 Å². The van der Waals surface area contributed by atoms with Crippen molar-refractivity contribution in [1.29, 1.82) is 0 Å². The molecule has 2 bridgehead atoms. The second-order valence-electron chi connectivity index (χ2n) is 16.4. The Hall–Kier alpha value is -3.11. The van der Waals surface area contributed by atoms with Crippen molar-refractivity contribution in [1.82, 2.24) is 25.2 Å². The quantitative estimate of drug-likeness (QED) is 0.0188. The van der Waals surface area contributed by atoms with Gasteiger partial charge in [0.25, 0.3) is 0 Å². The van der Waals surface area contributed by atoms with E-state index in [2.05, 4.69) is 47.5 Å². The molecule has 1 fully saturated rings. The van der Waals surface area contributed by atoms with E-state index in [0.717, 1.165) is 0 Å². The van der Waals surface area contributed by atoms with Crippen LogP contribution in [0.5, 0.6) is 0 Å². The van der Waals surface area contributed by atoms with E-state index in [1.807, 2.05) is 0 Å². The summed E-state index contributed by atoms with van der Waals surface area (Å²) in [7, 11) is -0.595. The fraction of sp³-hybridized carbons (Fsp3) is 0.867. The van der Waals surface area contributed by atoms with Gasteiger partial charge in [-0.3, -0.25) is 9.67 Å². The van der Waals surface area contributed by atoms with Crippen LogP contribution < -0.4 is 5.48 Å². The lowest BCUT2D eigenvalue weighted by Gasteiger charge is -2.39. The molecule has 1 saturated heterocycles. The maximum absolute atomic E-state index is 13.0. The smallest absolute Gasteiger partial charge is 0.357 e. The molecule has 0 aliphatic carbocycles. The normalized spacial score (nSPS) is 15.9. The molecular weight excluding hydrogens is 927 g/mol. The lowest BCUT2D eigenvalue weighted by molar-refractivity contribution is -0.929. The molecule has 0 radical (unpaired) electrons. The Morgan fingerprint density at radius 3 is 1.51 bits per heavy atom. The van der Waals surface area contributed by atoms with Crippen molar-refractivity contribution in [2.24, 2.45) is 12.0 Å². The Kier molecular flexibility index (Phi) is 33.8. The number of unbranched alkanes of at least 4 members (excludes halogenated alkanes) is 4. The molecule has 2 amide bonds. The average Bonchev–Trinajstić information content (AvgIpc) is 3.85. The van der Waals surface area contributed by atoms with Gasteiger partial charge in [0.1, 0.15) is 18.7 Å². The monoisotopic (exact) mass is 1010 g/mol. The number of aryl methyl sites for hydroxylation is 1. The Labute approximate surface area is 411 Å². The summed E-state index contributed by atoms with van der Waals surface area (Å²) in [6.45, 7) is 21.3. The highest BCUT2D eigenvalue weighted by atomic mass is 32.3. The maximum Gasteiger partial charge on any atom is 0.357 e. The van der Waals surface area contributed by atoms with Crippen LogP contribution in [0.4, 0.5) is 4.79 Å². The Morgan fingerprint density at radius 1 is 0.725 bits per heavy atom. The molecule has 0 aromatic carbocycles. The first-order valence-electron chi connectivity index (χ1n) is 24.6. The zero-order valence-corrected chi connectivity index (χ0v) is 43.4. The van der Waals surface area contributed by atoms with Crippen LogP contribution in [0.25, 0.3) is 0 Å². The van der Waals surface area contributed by atoms with E-state index in [9.17, 15) is 22.6 Å². The number of rotatable bonds is 41. The summed E-state index contributed by atoms with van der Waals surface area (Å²) in [6, 6.07) is -2.75. The minimum atomic E-state index is -5.23. The van der Waals surface area contributed by atoms with E-state index >= 15 is 0 Å². The van der Waals surface area contributed by atoms with E-state index in [0.29, 0.717) is 109 Å². The molecule has 1 N–H and O–H groups in total. The molecule has 23 nitrogen and oxygen atoms in total.